The molecule has 4 aliphatic carbocycles. The van der Waals surface area contributed by atoms with Crippen LogP contribution in [0.1, 0.15) is 77.7 Å². The van der Waals surface area contributed by atoms with Gasteiger partial charge in [0.1, 0.15) is 11.9 Å². The van der Waals surface area contributed by atoms with E-state index >= 15 is 0 Å². The Balaban J connectivity index is 1.28. The molecule has 0 bridgehead atoms. The minimum Gasteiger partial charge on any atom is -0.497 e. The van der Waals surface area contributed by atoms with E-state index < -0.39 is 0 Å². The zero-order valence-electron chi connectivity index (χ0n) is 22.5. The second kappa shape index (κ2) is 9.80. The molecule has 5 rings (SSSR count). The van der Waals surface area contributed by atoms with Crippen LogP contribution in [0.2, 0.25) is 0 Å². The van der Waals surface area contributed by atoms with Gasteiger partial charge >= 0.3 is 11.9 Å². The molecule has 0 unspecified atom stereocenters. The summed E-state index contributed by atoms with van der Waals surface area (Å²) in [5.74, 6) is 1.98. The Morgan fingerprint density at radius 2 is 1.78 bits per heavy atom. The third-order valence-corrected chi connectivity index (χ3v) is 10.3. The zero-order valence-corrected chi connectivity index (χ0v) is 22.5. The molecular weight excluding hydrogens is 468 g/mol. The smallest absolute Gasteiger partial charge is 0.338 e. The number of benzene rings is 1. The molecule has 200 valence electrons. The number of esters is 1. The van der Waals surface area contributed by atoms with E-state index in [0.29, 0.717) is 23.3 Å². The Bertz CT molecular complexity index is 1110. The number of oxime groups is 1. The summed E-state index contributed by atoms with van der Waals surface area (Å²) < 4.78 is 10.7. The number of hydrogen-bond donors (Lipinski definition) is 1. The van der Waals surface area contributed by atoms with Crippen molar-refractivity contribution in [3.63, 3.8) is 0 Å². The van der Waals surface area contributed by atoms with Crippen LogP contribution in [0.4, 0.5) is 0 Å². The van der Waals surface area contributed by atoms with Crippen molar-refractivity contribution < 1.29 is 23.9 Å². The molecule has 7 atom stereocenters. The van der Waals surface area contributed by atoms with Gasteiger partial charge < -0.3 is 20.0 Å². The van der Waals surface area contributed by atoms with Crippen LogP contribution in [-0.4, -0.2) is 31.0 Å². The SMILES string of the molecule is COc1ccc(/C(N)=N/OC(=O)[C@H]2CC[C@H]3[C@@H]4CC=C5C[C@@H](OC(C)=O)CC[C@]5(C)[C@H]4CC[C@]23C)cc1. The Kier molecular flexibility index (Phi) is 6.84. The van der Waals surface area contributed by atoms with E-state index in [4.69, 9.17) is 20.0 Å². The topological polar surface area (TPSA) is 100 Å². The van der Waals surface area contributed by atoms with E-state index in [-0.39, 0.29) is 40.6 Å². The molecule has 7 nitrogen and oxygen atoms in total. The monoisotopic (exact) mass is 508 g/mol. The molecule has 0 radical (unpaired) electrons. The summed E-state index contributed by atoms with van der Waals surface area (Å²) in [5.41, 5.74) is 8.34. The van der Waals surface area contributed by atoms with Gasteiger partial charge in [-0.25, -0.2) is 4.79 Å². The average Bonchev–Trinajstić information content (AvgIpc) is 3.24. The molecule has 0 spiro atoms. The lowest BCUT2D eigenvalue weighted by Crippen LogP contribution is -2.51. The van der Waals surface area contributed by atoms with Gasteiger partial charge in [-0.15, -0.1) is 0 Å². The number of hydrogen-bond acceptors (Lipinski definition) is 6. The average molecular weight is 509 g/mol. The van der Waals surface area contributed by atoms with Gasteiger partial charge in [0.25, 0.3) is 0 Å². The highest BCUT2D eigenvalue weighted by Gasteiger charge is 2.60. The predicted octanol–water partition coefficient (Wildman–Crippen LogP) is 5.37. The van der Waals surface area contributed by atoms with Gasteiger partial charge in [0.05, 0.1) is 13.0 Å². The van der Waals surface area contributed by atoms with Crippen molar-refractivity contribution >= 4 is 17.8 Å². The molecule has 0 aliphatic heterocycles. The van der Waals surface area contributed by atoms with Gasteiger partial charge in [0.2, 0.25) is 0 Å². The fourth-order valence-corrected chi connectivity index (χ4v) is 8.32. The molecule has 1 aromatic rings. The molecule has 3 saturated carbocycles. The molecule has 0 aromatic heterocycles. The lowest BCUT2D eigenvalue weighted by atomic mass is 9.47. The van der Waals surface area contributed by atoms with Crippen molar-refractivity contribution in [1.29, 1.82) is 0 Å². The van der Waals surface area contributed by atoms with Crippen LogP contribution >= 0.6 is 0 Å². The number of carbonyl (C=O) groups is 2. The molecule has 0 amide bonds. The Hall–Kier alpha value is -2.83. The zero-order chi connectivity index (χ0) is 26.4. The van der Waals surface area contributed by atoms with Crippen LogP contribution in [0.25, 0.3) is 0 Å². The largest absolute Gasteiger partial charge is 0.497 e. The van der Waals surface area contributed by atoms with Crippen LogP contribution in [0.15, 0.2) is 41.1 Å². The Morgan fingerprint density at radius 1 is 1.03 bits per heavy atom. The van der Waals surface area contributed by atoms with E-state index in [2.05, 4.69) is 25.1 Å². The van der Waals surface area contributed by atoms with Crippen LogP contribution in [-0.2, 0) is 19.2 Å². The molecule has 2 N–H and O–H groups in total. The van der Waals surface area contributed by atoms with E-state index in [1.54, 1.807) is 31.4 Å². The summed E-state index contributed by atoms with van der Waals surface area (Å²) in [6.45, 7) is 6.23. The van der Waals surface area contributed by atoms with Crippen LogP contribution < -0.4 is 10.5 Å². The van der Waals surface area contributed by atoms with E-state index in [9.17, 15) is 9.59 Å². The second-order valence-corrected chi connectivity index (χ2v) is 12.0. The highest BCUT2D eigenvalue weighted by Crippen LogP contribution is 2.66. The standard InChI is InChI=1S/C30H40N2O5/c1-18(33)36-22-13-15-29(2)20(17-22)7-10-23-24-11-12-26(30(24,3)16-14-25(23)29)28(34)37-32-27(31)19-5-8-21(35-4)9-6-19/h5-9,22-26H,10-17H2,1-4H3,(H2,31,32)/t22-,23-,24-,25-,26+,29-,30-/m0/s1. The lowest BCUT2D eigenvalue weighted by molar-refractivity contribution is -0.156. The van der Waals surface area contributed by atoms with Gasteiger partial charge in [-0.05, 0) is 97.8 Å². The van der Waals surface area contributed by atoms with Gasteiger partial charge in [0, 0.05) is 18.9 Å². The van der Waals surface area contributed by atoms with Crippen molar-refractivity contribution in [2.45, 2.75) is 78.2 Å². The normalized spacial score (nSPS) is 36.9. The van der Waals surface area contributed by atoms with E-state index in [1.807, 2.05) is 0 Å². The summed E-state index contributed by atoms with van der Waals surface area (Å²) >= 11 is 0. The number of carbonyl (C=O) groups excluding carboxylic acids is 2. The number of fused-ring (bicyclic) bond motifs is 5. The molecule has 4 aliphatic rings. The predicted molar refractivity (Wildman–Crippen MR) is 141 cm³/mol. The third kappa shape index (κ3) is 4.55. The number of ether oxygens (including phenoxy) is 2. The first-order valence-corrected chi connectivity index (χ1v) is 13.7. The first-order valence-electron chi connectivity index (χ1n) is 13.7. The van der Waals surface area contributed by atoms with Crippen molar-refractivity contribution in [2.75, 3.05) is 7.11 Å². The number of amidine groups is 1. The molecule has 0 heterocycles. The number of allylic oxidation sites excluding steroid dienone is 1. The van der Waals surface area contributed by atoms with Gasteiger partial charge in [-0.2, -0.15) is 0 Å². The number of rotatable bonds is 5. The molecule has 7 heteroatoms. The van der Waals surface area contributed by atoms with Crippen LogP contribution in [0, 0.1) is 34.5 Å². The molecule has 0 saturated heterocycles. The number of nitrogens with zero attached hydrogens (tertiary/aromatic N) is 1. The minimum absolute atomic E-state index is 0.0127. The van der Waals surface area contributed by atoms with Crippen molar-refractivity contribution in [3.05, 3.63) is 41.5 Å². The summed E-state index contributed by atoms with van der Waals surface area (Å²) in [6, 6.07) is 7.19. The molecule has 3 fully saturated rings. The highest BCUT2D eigenvalue weighted by molar-refractivity contribution is 5.97. The maximum Gasteiger partial charge on any atom is 0.338 e. The van der Waals surface area contributed by atoms with Crippen molar-refractivity contribution in [2.24, 2.45) is 45.4 Å². The second-order valence-electron chi connectivity index (χ2n) is 12.0. The van der Waals surface area contributed by atoms with E-state index in [0.717, 1.165) is 57.1 Å². The minimum atomic E-state index is -0.264. The fourth-order valence-electron chi connectivity index (χ4n) is 8.32. The fraction of sp³-hybridized carbons (Fsp3) is 0.633. The number of nitrogens with two attached hydrogens (primary N) is 1. The number of methoxy groups -OCH3 is 1. The summed E-state index contributed by atoms with van der Waals surface area (Å²) in [4.78, 5) is 30.2. The highest BCUT2D eigenvalue weighted by atomic mass is 16.7. The van der Waals surface area contributed by atoms with Gasteiger partial charge in [-0.1, -0.05) is 30.7 Å². The Morgan fingerprint density at radius 3 is 2.49 bits per heavy atom. The molecule has 37 heavy (non-hydrogen) atoms. The van der Waals surface area contributed by atoms with Gasteiger partial charge in [0.15, 0.2) is 5.84 Å². The first-order chi connectivity index (χ1) is 17.7. The van der Waals surface area contributed by atoms with Crippen molar-refractivity contribution in [1.82, 2.24) is 0 Å². The van der Waals surface area contributed by atoms with Crippen molar-refractivity contribution in [3.8, 4) is 5.75 Å². The van der Waals surface area contributed by atoms with E-state index in [1.165, 1.54) is 12.5 Å². The molecule has 1 aromatic carbocycles. The summed E-state index contributed by atoms with van der Waals surface area (Å²) in [7, 11) is 1.61. The summed E-state index contributed by atoms with van der Waals surface area (Å²) in [5, 5.41) is 4.00. The third-order valence-electron chi connectivity index (χ3n) is 10.3. The van der Waals surface area contributed by atoms with Gasteiger partial charge in [-0.3, -0.25) is 4.79 Å². The first kappa shape index (κ1) is 25.8. The van der Waals surface area contributed by atoms with Crippen LogP contribution in [0.3, 0.4) is 0 Å². The maximum absolute atomic E-state index is 13.3. The lowest BCUT2D eigenvalue weighted by Gasteiger charge is -2.57. The molecular formula is C30H40N2O5. The summed E-state index contributed by atoms with van der Waals surface area (Å²) in [6.07, 6.45) is 10.4. The Labute approximate surface area is 219 Å². The van der Waals surface area contributed by atoms with Crippen LogP contribution in [0.5, 0.6) is 5.75 Å². The maximum atomic E-state index is 13.3. The quantitative estimate of drug-likeness (QED) is 0.143.